The highest BCUT2D eigenvalue weighted by Crippen LogP contribution is 2.26. The summed E-state index contributed by atoms with van der Waals surface area (Å²) in [4.78, 5) is 15.6. The summed E-state index contributed by atoms with van der Waals surface area (Å²) in [6.45, 7) is 0.707. The number of halogens is 2. The molecule has 0 saturated carbocycles. The molecule has 0 saturated heterocycles. The van der Waals surface area contributed by atoms with E-state index in [1.165, 1.54) is 24.3 Å². The molecule has 0 aliphatic carbocycles. The predicted molar refractivity (Wildman–Crippen MR) is 134 cm³/mol. The Labute approximate surface area is 204 Å². The first-order chi connectivity index (χ1) is 17.6. The average Bonchev–Trinajstić information content (AvgIpc) is 3.51. The lowest BCUT2D eigenvalue weighted by molar-refractivity contribution is 0.217. The van der Waals surface area contributed by atoms with Crippen molar-refractivity contribution in [2.45, 2.75) is 0 Å². The number of hydrogen-bond donors (Lipinski definition) is 2. The van der Waals surface area contributed by atoms with Crippen LogP contribution in [0.5, 0.6) is 11.5 Å². The van der Waals surface area contributed by atoms with Crippen molar-refractivity contribution >= 4 is 22.1 Å². The van der Waals surface area contributed by atoms with Gasteiger partial charge in [0.15, 0.2) is 0 Å². The van der Waals surface area contributed by atoms with Crippen LogP contribution >= 0.6 is 0 Å². The smallest absolute Gasteiger partial charge is 0.138 e. The van der Waals surface area contributed by atoms with Gasteiger partial charge >= 0.3 is 0 Å². The Morgan fingerprint density at radius 2 is 0.972 bits per heavy atom. The van der Waals surface area contributed by atoms with Gasteiger partial charge < -0.3 is 19.4 Å². The molecular formula is C28H20F2N4O2. The van der Waals surface area contributed by atoms with Gasteiger partial charge in [0.2, 0.25) is 0 Å². The molecule has 0 aliphatic rings. The van der Waals surface area contributed by atoms with E-state index in [0.717, 1.165) is 33.2 Å². The highest BCUT2D eigenvalue weighted by molar-refractivity contribution is 5.81. The lowest BCUT2D eigenvalue weighted by Crippen LogP contribution is -2.08. The summed E-state index contributed by atoms with van der Waals surface area (Å²) in [6, 6.07) is 23.6. The van der Waals surface area contributed by atoms with Crippen LogP contribution in [0.1, 0.15) is 0 Å². The van der Waals surface area contributed by atoms with Gasteiger partial charge in [-0.15, -0.1) is 0 Å². The van der Waals surface area contributed by atoms with E-state index < -0.39 is 0 Å². The fourth-order valence-electron chi connectivity index (χ4n) is 3.97. The van der Waals surface area contributed by atoms with Crippen molar-refractivity contribution in [1.82, 2.24) is 19.9 Å². The van der Waals surface area contributed by atoms with Crippen LogP contribution in [0, 0.1) is 11.6 Å². The maximum absolute atomic E-state index is 13.2. The molecule has 2 aromatic heterocycles. The Morgan fingerprint density at radius 1 is 0.556 bits per heavy atom. The van der Waals surface area contributed by atoms with E-state index in [-0.39, 0.29) is 11.6 Å². The quantitative estimate of drug-likeness (QED) is 0.254. The summed E-state index contributed by atoms with van der Waals surface area (Å²) in [5.74, 6) is 2.14. The number of nitrogens with one attached hydrogen (secondary N) is 2. The zero-order chi connectivity index (χ0) is 24.5. The van der Waals surface area contributed by atoms with E-state index in [4.69, 9.17) is 9.47 Å². The van der Waals surface area contributed by atoms with E-state index >= 15 is 0 Å². The summed E-state index contributed by atoms with van der Waals surface area (Å²) in [5.41, 5.74) is 4.87. The third-order valence-electron chi connectivity index (χ3n) is 5.76. The zero-order valence-electron chi connectivity index (χ0n) is 19.0. The first-order valence-electron chi connectivity index (χ1n) is 11.4. The van der Waals surface area contributed by atoms with Crippen LogP contribution < -0.4 is 9.47 Å². The van der Waals surface area contributed by atoms with Crippen molar-refractivity contribution in [1.29, 1.82) is 0 Å². The van der Waals surface area contributed by atoms with Crippen molar-refractivity contribution in [3.8, 4) is 34.3 Å². The van der Waals surface area contributed by atoms with E-state index in [1.54, 1.807) is 24.3 Å². The van der Waals surface area contributed by atoms with Gasteiger partial charge in [0, 0.05) is 23.3 Å². The summed E-state index contributed by atoms with van der Waals surface area (Å²) in [5, 5.41) is 0. The fourth-order valence-corrected chi connectivity index (χ4v) is 3.97. The van der Waals surface area contributed by atoms with Gasteiger partial charge in [0.25, 0.3) is 0 Å². The fraction of sp³-hybridized carbons (Fsp3) is 0.0714. The van der Waals surface area contributed by atoms with E-state index in [0.29, 0.717) is 36.4 Å². The van der Waals surface area contributed by atoms with Crippen LogP contribution in [-0.2, 0) is 0 Å². The largest absolute Gasteiger partial charge is 0.490 e. The molecule has 0 aliphatic heterocycles. The van der Waals surface area contributed by atoms with Gasteiger partial charge in [0.1, 0.15) is 48.0 Å². The highest BCUT2D eigenvalue weighted by Gasteiger charge is 2.09. The number of aromatic nitrogens is 4. The number of aromatic amines is 2. The maximum Gasteiger partial charge on any atom is 0.138 e. The topological polar surface area (TPSA) is 75.8 Å². The third-order valence-corrected chi connectivity index (χ3v) is 5.76. The van der Waals surface area contributed by atoms with Gasteiger partial charge in [-0.05, 0) is 72.8 Å². The molecule has 6 aromatic rings. The van der Waals surface area contributed by atoms with Gasteiger partial charge in [-0.1, -0.05) is 0 Å². The number of benzene rings is 4. The maximum atomic E-state index is 13.2. The molecule has 36 heavy (non-hydrogen) atoms. The third kappa shape index (κ3) is 4.48. The molecule has 0 fully saturated rings. The van der Waals surface area contributed by atoms with Crippen LogP contribution in [0.25, 0.3) is 44.8 Å². The summed E-state index contributed by atoms with van der Waals surface area (Å²) in [7, 11) is 0. The van der Waals surface area contributed by atoms with E-state index in [2.05, 4.69) is 19.9 Å². The molecule has 0 radical (unpaired) electrons. The van der Waals surface area contributed by atoms with Crippen molar-refractivity contribution in [2.24, 2.45) is 0 Å². The number of nitrogens with zero attached hydrogens (tertiary/aromatic N) is 2. The normalized spacial score (nSPS) is 11.3. The standard InChI is InChI=1S/C28H20F2N4O2/c29-19-5-1-17(2-6-19)27-31-23-11-9-21(15-25(23)33-27)35-13-14-36-22-10-12-24-26(16-22)34-28(32-24)18-3-7-20(30)8-4-18/h1-12,15-16H,13-14H2,(H,31,33)(H,32,34). The Bertz CT molecular complexity index is 1530. The second kappa shape index (κ2) is 9.14. The molecule has 2 heterocycles. The van der Waals surface area contributed by atoms with Crippen molar-refractivity contribution in [3.63, 3.8) is 0 Å². The molecule has 6 nitrogen and oxygen atoms in total. The van der Waals surface area contributed by atoms with Gasteiger partial charge in [-0.3, -0.25) is 0 Å². The Morgan fingerprint density at radius 3 is 1.39 bits per heavy atom. The number of rotatable bonds is 7. The van der Waals surface area contributed by atoms with Gasteiger partial charge in [-0.25, -0.2) is 18.7 Å². The number of hydrogen-bond acceptors (Lipinski definition) is 4. The summed E-state index contributed by atoms with van der Waals surface area (Å²) < 4.78 is 38.1. The molecule has 0 unspecified atom stereocenters. The minimum Gasteiger partial charge on any atom is -0.490 e. The highest BCUT2D eigenvalue weighted by atomic mass is 19.1. The monoisotopic (exact) mass is 482 g/mol. The Hall–Kier alpha value is -4.72. The summed E-state index contributed by atoms with van der Waals surface area (Å²) >= 11 is 0. The SMILES string of the molecule is Fc1ccc(-c2nc3ccc(OCCOc4ccc5nc(-c6ccc(F)cc6)[nH]c5c4)cc3[nH]2)cc1. The second-order valence-electron chi connectivity index (χ2n) is 8.24. The Balaban J connectivity index is 1.08. The zero-order valence-corrected chi connectivity index (χ0v) is 19.0. The van der Waals surface area contributed by atoms with Gasteiger partial charge in [0.05, 0.1) is 22.1 Å². The predicted octanol–water partition coefficient (Wildman–Crippen LogP) is 6.51. The molecule has 0 atom stereocenters. The molecule has 178 valence electrons. The first kappa shape index (κ1) is 21.8. The van der Waals surface area contributed by atoms with Gasteiger partial charge in [-0.2, -0.15) is 0 Å². The summed E-state index contributed by atoms with van der Waals surface area (Å²) in [6.07, 6.45) is 0. The van der Waals surface area contributed by atoms with Crippen molar-refractivity contribution < 1.29 is 18.3 Å². The van der Waals surface area contributed by atoms with Crippen LogP contribution in [-0.4, -0.2) is 33.1 Å². The number of H-pyrrole nitrogens is 2. The average molecular weight is 482 g/mol. The molecule has 0 amide bonds. The Kier molecular flexibility index (Phi) is 5.53. The minimum absolute atomic E-state index is 0.285. The van der Waals surface area contributed by atoms with Crippen molar-refractivity contribution in [3.05, 3.63) is 96.6 Å². The van der Waals surface area contributed by atoms with E-state index in [1.807, 2.05) is 36.4 Å². The minimum atomic E-state index is -0.285. The van der Waals surface area contributed by atoms with E-state index in [9.17, 15) is 8.78 Å². The molecule has 2 N–H and O–H groups in total. The molecule has 0 bridgehead atoms. The van der Waals surface area contributed by atoms with Crippen LogP contribution in [0.4, 0.5) is 8.78 Å². The van der Waals surface area contributed by atoms with Crippen molar-refractivity contribution in [2.75, 3.05) is 13.2 Å². The van der Waals surface area contributed by atoms with Crippen LogP contribution in [0.15, 0.2) is 84.9 Å². The number of fused-ring (bicyclic) bond motifs is 2. The molecular weight excluding hydrogens is 462 g/mol. The lowest BCUT2D eigenvalue weighted by Gasteiger charge is -2.08. The molecule has 0 spiro atoms. The molecule has 8 heteroatoms. The molecule has 4 aromatic carbocycles. The van der Waals surface area contributed by atoms with Crippen LogP contribution in [0.2, 0.25) is 0 Å². The number of ether oxygens (including phenoxy) is 2. The second-order valence-corrected chi connectivity index (χ2v) is 8.24. The lowest BCUT2D eigenvalue weighted by atomic mass is 10.2. The molecule has 6 rings (SSSR count). The first-order valence-corrected chi connectivity index (χ1v) is 11.4. The number of imidazole rings is 2. The van der Waals surface area contributed by atoms with Crippen LogP contribution in [0.3, 0.4) is 0 Å².